The molecule has 2 N–H and O–H groups in total. The topological polar surface area (TPSA) is 58.6 Å². The van der Waals surface area contributed by atoms with Gasteiger partial charge in [0.05, 0.1) is 6.61 Å². The maximum absolute atomic E-state index is 11.7. The summed E-state index contributed by atoms with van der Waals surface area (Å²) in [4.78, 5) is 11.7. The van der Waals surface area contributed by atoms with Gasteiger partial charge >= 0.3 is 5.97 Å². The molecule has 0 aliphatic rings. The van der Waals surface area contributed by atoms with Gasteiger partial charge in [0, 0.05) is 23.7 Å². The Hall–Kier alpha value is -0.260. The lowest BCUT2D eigenvalue weighted by molar-refractivity contribution is -0.145. The van der Waals surface area contributed by atoms with Crippen LogP contribution in [0.4, 0.5) is 0 Å². The van der Waals surface area contributed by atoms with Crippen molar-refractivity contribution in [1.82, 2.24) is 5.32 Å². The molecule has 17 heavy (non-hydrogen) atoms. The maximum Gasteiger partial charge on any atom is 0.323 e. The Balaban J connectivity index is 4.14. The summed E-state index contributed by atoms with van der Waals surface area (Å²) in [5, 5.41) is 12.4. The zero-order valence-corrected chi connectivity index (χ0v) is 12.0. The molecule has 5 heteroatoms. The first-order chi connectivity index (χ1) is 8.01. The Morgan fingerprint density at radius 1 is 1.41 bits per heavy atom. The third-order valence-electron chi connectivity index (χ3n) is 2.19. The molecule has 0 fully saturated rings. The van der Waals surface area contributed by atoms with Gasteiger partial charge in [-0.25, -0.2) is 0 Å². The third kappa shape index (κ3) is 8.46. The van der Waals surface area contributed by atoms with Crippen LogP contribution in [0.5, 0.6) is 0 Å². The van der Waals surface area contributed by atoms with Crippen LogP contribution in [0.3, 0.4) is 0 Å². The van der Waals surface area contributed by atoms with Crippen LogP contribution in [0, 0.1) is 0 Å². The summed E-state index contributed by atoms with van der Waals surface area (Å²) in [5.41, 5.74) is 0. The summed E-state index contributed by atoms with van der Waals surface area (Å²) >= 11 is 1.68. The molecule has 0 aliphatic heterocycles. The van der Waals surface area contributed by atoms with Gasteiger partial charge in [0.15, 0.2) is 0 Å². The lowest BCUT2D eigenvalue weighted by atomic mass is 10.3. The number of nitrogens with one attached hydrogen (secondary N) is 1. The summed E-state index contributed by atoms with van der Waals surface area (Å²) in [6.45, 7) is 8.48. The lowest BCUT2D eigenvalue weighted by Gasteiger charge is -2.20. The van der Waals surface area contributed by atoms with Crippen LogP contribution < -0.4 is 5.32 Å². The fraction of sp³-hybridized carbons (Fsp3) is 0.917. The Bertz CT molecular complexity index is 212. The predicted octanol–water partition coefficient (Wildman–Crippen LogP) is 1.42. The van der Waals surface area contributed by atoms with Gasteiger partial charge in [-0.05, 0) is 13.3 Å². The summed E-state index contributed by atoms with van der Waals surface area (Å²) < 4.78 is 5.03. The van der Waals surface area contributed by atoms with E-state index in [1.165, 1.54) is 0 Å². The van der Waals surface area contributed by atoms with Gasteiger partial charge in [0.25, 0.3) is 0 Å². The number of thioether (sulfide) groups is 1. The molecule has 0 saturated carbocycles. The monoisotopic (exact) mass is 263 g/mol. The Morgan fingerprint density at radius 3 is 2.53 bits per heavy atom. The average molecular weight is 263 g/mol. The van der Waals surface area contributed by atoms with Gasteiger partial charge in [0.1, 0.15) is 6.04 Å². The van der Waals surface area contributed by atoms with E-state index in [1.807, 2.05) is 20.8 Å². The smallest absolute Gasteiger partial charge is 0.323 e. The van der Waals surface area contributed by atoms with E-state index in [2.05, 4.69) is 12.2 Å². The fourth-order valence-electron chi connectivity index (χ4n) is 1.36. The molecule has 0 aliphatic carbocycles. The van der Waals surface area contributed by atoms with Crippen molar-refractivity contribution in [3.05, 3.63) is 0 Å². The molecule has 0 aromatic carbocycles. The summed E-state index contributed by atoms with van der Waals surface area (Å²) in [6, 6.07) is -0.0146. The normalized spacial score (nSPS) is 14.7. The molecule has 4 nitrogen and oxygen atoms in total. The van der Waals surface area contributed by atoms with Crippen molar-refractivity contribution >= 4 is 17.7 Å². The molecule has 0 aromatic heterocycles. The van der Waals surface area contributed by atoms with Gasteiger partial charge in [0.2, 0.25) is 0 Å². The van der Waals surface area contributed by atoms with E-state index < -0.39 is 0 Å². The van der Waals surface area contributed by atoms with Crippen LogP contribution in [0.2, 0.25) is 0 Å². The van der Waals surface area contributed by atoms with Crippen molar-refractivity contribution in [3.8, 4) is 0 Å². The number of aliphatic hydroxyl groups excluding tert-OH is 1. The second-order valence-corrected chi connectivity index (χ2v) is 5.75. The van der Waals surface area contributed by atoms with Crippen molar-refractivity contribution in [2.24, 2.45) is 0 Å². The average Bonchev–Trinajstić information content (AvgIpc) is 2.24. The number of carbonyl (C=O) groups excluding carboxylic acids is 1. The largest absolute Gasteiger partial charge is 0.465 e. The molecule has 2 atom stereocenters. The number of rotatable bonds is 9. The van der Waals surface area contributed by atoms with E-state index >= 15 is 0 Å². The molecule has 102 valence electrons. The molecule has 0 bridgehead atoms. The third-order valence-corrected chi connectivity index (χ3v) is 3.52. The van der Waals surface area contributed by atoms with E-state index in [9.17, 15) is 4.79 Å². The van der Waals surface area contributed by atoms with Gasteiger partial charge < -0.3 is 15.2 Å². The molecule has 0 amide bonds. The first-order valence-corrected chi connectivity index (χ1v) is 7.21. The highest BCUT2D eigenvalue weighted by atomic mass is 32.2. The SMILES string of the molecule is CCOC(=O)C(CSC(C)CCO)NC(C)C. The van der Waals surface area contributed by atoms with Crippen LogP contribution in [0.25, 0.3) is 0 Å². The van der Waals surface area contributed by atoms with Crippen LogP contribution in [-0.4, -0.2) is 47.4 Å². The van der Waals surface area contributed by atoms with Gasteiger partial charge in [-0.3, -0.25) is 4.79 Å². The molecule has 0 rings (SSSR count). The van der Waals surface area contributed by atoms with Gasteiger partial charge in [-0.2, -0.15) is 11.8 Å². The minimum Gasteiger partial charge on any atom is -0.465 e. The Morgan fingerprint density at radius 2 is 2.06 bits per heavy atom. The summed E-state index contributed by atoms with van der Waals surface area (Å²) in [6.07, 6.45) is 0.752. The zero-order valence-electron chi connectivity index (χ0n) is 11.2. The van der Waals surface area contributed by atoms with Crippen molar-refractivity contribution in [2.45, 2.75) is 51.4 Å². The van der Waals surface area contributed by atoms with E-state index in [-0.39, 0.29) is 24.7 Å². The van der Waals surface area contributed by atoms with Crippen LogP contribution in [0.15, 0.2) is 0 Å². The Kier molecular flexibility index (Phi) is 9.59. The second-order valence-electron chi connectivity index (χ2n) is 4.28. The molecular weight excluding hydrogens is 238 g/mol. The number of ether oxygens (including phenoxy) is 1. The molecule has 2 unspecified atom stereocenters. The standard InChI is InChI=1S/C12H25NO3S/c1-5-16-12(15)11(13-9(2)3)8-17-10(4)6-7-14/h9-11,13-14H,5-8H2,1-4H3. The number of hydrogen-bond acceptors (Lipinski definition) is 5. The fourth-order valence-corrected chi connectivity index (χ4v) is 2.38. The Labute approximate surface area is 108 Å². The van der Waals surface area contributed by atoms with Gasteiger partial charge in [-0.15, -0.1) is 0 Å². The maximum atomic E-state index is 11.7. The second kappa shape index (κ2) is 9.74. The van der Waals surface area contributed by atoms with Gasteiger partial charge in [-0.1, -0.05) is 20.8 Å². The van der Waals surface area contributed by atoms with E-state index in [0.717, 1.165) is 6.42 Å². The molecular formula is C12H25NO3S. The van der Waals surface area contributed by atoms with Crippen molar-refractivity contribution in [2.75, 3.05) is 19.0 Å². The minimum absolute atomic E-state index is 0.190. The highest BCUT2D eigenvalue weighted by Gasteiger charge is 2.21. The highest BCUT2D eigenvalue weighted by molar-refractivity contribution is 7.99. The van der Waals surface area contributed by atoms with Crippen LogP contribution >= 0.6 is 11.8 Å². The molecule has 0 spiro atoms. The van der Waals surface area contributed by atoms with Crippen LogP contribution in [-0.2, 0) is 9.53 Å². The zero-order chi connectivity index (χ0) is 13.3. The van der Waals surface area contributed by atoms with Crippen molar-refractivity contribution < 1.29 is 14.6 Å². The number of esters is 1. The van der Waals surface area contributed by atoms with E-state index in [4.69, 9.17) is 9.84 Å². The number of carbonyl (C=O) groups is 1. The first-order valence-electron chi connectivity index (χ1n) is 6.16. The molecule has 0 aromatic rings. The number of aliphatic hydroxyl groups is 1. The van der Waals surface area contributed by atoms with Crippen molar-refractivity contribution in [1.29, 1.82) is 0 Å². The van der Waals surface area contributed by atoms with E-state index in [0.29, 0.717) is 17.6 Å². The van der Waals surface area contributed by atoms with Crippen LogP contribution in [0.1, 0.15) is 34.1 Å². The predicted molar refractivity (Wildman–Crippen MR) is 72.3 cm³/mol. The molecule has 0 radical (unpaired) electrons. The van der Waals surface area contributed by atoms with E-state index in [1.54, 1.807) is 11.8 Å². The summed E-state index contributed by atoms with van der Waals surface area (Å²) in [5.74, 6) is 0.489. The first kappa shape index (κ1) is 16.7. The summed E-state index contributed by atoms with van der Waals surface area (Å²) in [7, 11) is 0. The minimum atomic E-state index is -0.263. The van der Waals surface area contributed by atoms with Crippen molar-refractivity contribution in [3.63, 3.8) is 0 Å². The quantitative estimate of drug-likeness (QED) is 0.616. The number of hydrogen-bond donors (Lipinski definition) is 2. The lowest BCUT2D eigenvalue weighted by Crippen LogP contribution is -2.44. The highest BCUT2D eigenvalue weighted by Crippen LogP contribution is 2.15. The molecule has 0 saturated heterocycles. The molecule has 0 heterocycles.